The van der Waals surface area contributed by atoms with Crippen molar-refractivity contribution in [2.75, 3.05) is 6.54 Å². The maximum absolute atomic E-state index is 6.05. The molecule has 2 heteroatoms. The predicted octanol–water partition coefficient (Wildman–Crippen LogP) is 2.39. The molecule has 0 aromatic rings. The summed E-state index contributed by atoms with van der Waals surface area (Å²) in [6.07, 6.45) is 3.55. The van der Waals surface area contributed by atoms with Crippen molar-refractivity contribution in [3.8, 4) is 0 Å². The van der Waals surface area contributed by atoms with E-state index in [0.29, 0.717) is 11.4 Å². The Morgan fingerprint density at radius 1 is 1.55 bits per heavy atom. The van der Waals surface area contributed by atoms with Gasteiger partial charge in [0, 0.05) is 11.4 Å². The lowest BCUT2D eigenvalue weighted by Gasteiger charge is -2.28. The van der Waals surface area contributed by atoms with Gasteiger partial charge in [-0.25, -0.2) is 0 Å². The number of hydrogen-bond donors (Lipinski definition) is 1. The molecule has 0 bridgehead atoms. The molecule has 1 fully saturated rings. The fraction of sp³-hybridized carbons (Fsp3) is 1.00. The zero-order valence-corrected chi connectivity index (χ0v) is 8.19. The number of nitrogens with one attached hydrogen (secondary N) is 1. The summed E-state index contributed by atoms with van der Waals surface area (Å²) in [4.78, 5) is 0. The highest BCUT2D eigenvalue weighted by Gasteiger charge is 2.19. The summed E-state index contributed by atoms with van der Waals surface area (Å²) in [6, 6.07) is 0.672. The van der Waals surface area contributed by atoms with Crippen LogP contribution in [-0.4, -0.2) is 18.0 Å². The Morgan fingerprint density at radius 3 is 2.82 bits per heavy atom. The minimum Gasteiger partial charge on any atom is -0.314 e. The zero-order valence-electron chi connectivity index (χ0n) is 7.44. The van der Waals surface area contributed by atoms with E-state index in [4.69, 9.17) is 11.6 Å². The monoisotopic (exact) mass is 175 g/mol. The summed E-state index contributed by atoms with van der Waals surface area (Å²) in [5, 5.41) is 3.91. The average molecular weight is 176 g/mol. The molecular formula is C9H18ClN. The Kier molecular flexibility index (Phi) is 3.67. The van der Waals surface area contributed by atoms with Gasteiger partial charge in [0.2, 0.25) is 0 Å². The van der Waals surface area contributed by atoms with Crippen LogP contribution in [0.4, 0.5) is 0 Å². The standard InChI is InChI=1S/C9H18ClN/c1-7(2)5-9-6-8(10)3-4-11-9/h7-9,11H,3-6H2,1-2H3. The van der Waals surface area contributed by atoms with E-state index in [0.717, 1.165) is 25.3 Å². The fourth-order valence-corrected chi connectivity index (χ4v) is 2.03. The van der Waals surface area contributed by atoms with E-state index >= 15 is 0 Å². The van der Waals surface area contributed by atoms with Crippen molar-refractivity contribution in [2.45, 2.75) is 44.5 Å². The molecule has 11 heavy (non-hydrogen) atoms. The summed E-state index contributed by atoms with van der Waals surface area (Å²) in [7, 11) is 0. The van der Waals surface area contributed by atoms with E-state index < -0.39 is 0 Å². The molecule has 0 aliphatic carbocycles. The maximum atomic E-state index is 6.05. The van der Waals surface area contributed by atoms with Gasteiger partial charge >= 0.3 is 0 Å². The molecule has 0 aromatic carbocycles. The smallest absolute Gasteiger partial charge is 0.0362 e. The third kappa shape index (κ3) is 3.44. The Morgan fingerprint density at radius 2 is 2.27 bits per heavy atom. The van der Waals surface area contributed by atoms with E-state index in [-0.39, 0.29) is 0 Å². The van der Waals surface area contributed by atoms with Gasteiger partial charge in [-0.15, -0.1) is 11.6 Å². The minimum absolute atomic E-state index is 0.417. The molecule has 1 N–H and O–H groups in total. The quantitative estimate of drug-likeness (QED) is 0.636. The van der Waals surface area contributed by atoms with Gasteiger partial charge in [-0.05, 0) is 31.7 Å². The second-order valence-electron chi connectivity index (χ2n) is 3.90. The van der Waals surface area contributed by atoms with Crippen LogP contribution in [0.5, 0.6) is 0 Å². The first-order chi connectivity index (χ1) is 5.18. The van der Waals surface area contributed by atoms with Gasteiger partial charge in [-0.2, -0.15) is 0 Å². The lowest BCUT2D eigenvalue weighted by Crippen LogP contribution is -2.39. The van der Waals surface area contributed by atoms with E-state index in [2.05, 4.69) is 19.2 Å². The van der Waals surface area contributed by atoms with Crippen LogP contribution in [0.3, 0.4) is 0 Å². The van der Waals surface area contributed by atoms with Crippen LogP contribution < -0.4 is 5.32 Å². The van der Waals surface area contributed by atoms with Crippen LogP contribution >= 0.6 is 11.6 Å². The second kappa shape index (κ2) is 4.32. The Balaban J connectivity index is 2.23. The molecule has 0 spiro atoms. The molecule has 2 atom stereocenters. The van der Waals surface area contributed by atoms with Gasteiger partial charge in [0.05, 0.1) is 0 Å². The van der Waals surface area contributed by atoms with Crippen LogP contribution in [0.1, 0.15) is 33.1 Å². The summed E-state index contributed by atoms with van der Waals surface area (Å²) in [5.74, 6) is 0.787. The normalized spacial score (nSPS) is 32.7. The van der Waals surface area contributed by atoms with Gasteiger partial charge in [0.1, 0.15) is 0 Å². The maximum Gasteiger partial charge on any atom is 0.0362 e. The molecule has 0 saturated carbocycles. The lowest BCUT2D eigenvalue weighted by atomic mass is 9.96. The number of hydrogen-bond acceptors (Lipinski definition) is 1. The molecule has 66 valence electrons. The van der Waals surface area contributed by atoms with Gasteiger partial charge < -0.3 is 5.32 Å². The Labute approximate surface area is 74.5 Å². The highest BCUT2D eigenvalue weighted by Crippen LogP contribution is 2.19. The van der Waals surface area contributed by atoms with Crippen molar-refractivity contribution in [2.24, 2.45) is 5.92 Å². The molecule has 1 saturated heterocycles. The molecule has 1 aliphatic rings. The summed E-state index contributed by atoms with van der Waals surface area (Å²) in [6.45, 7) is 5.63. The Hall–Kier alpha value is 0.250. The third-order valence-corrected chi connectivity index (χ3v) is 2.58. The van der Waals surface area contributed by atoms with E-state index in [1.54, 1.807) is 0 Å². The van der Waals surface area contributed by atoms with Crippen molar-refractivity contribution in [1.82, 2.24) is 5.32 Å². The van der Waals surface area contributed by atoms with Crippen LogP contribution in [0.25, 0.3) is 0 Å². The first-order valence-electron chi connectivity index (χ1n) is 4.56. The van der Waals surface area contributed by atoms with Crippen LogP contribution in [0, 0.1) is 5.92 Å². The summed E-state index contributed by atoms with van der Waals surface area (Å²) in [5.41, 5.74) is 0. The lowest BCUT2D eigenvalue weighted by molar-refractivity contribution is 0.351. The van der Waals surface area contributed by atoms with Gasteiger partial charge in [0.15, 0.2) is 0 Å². The highest BCUT2D eigenvalue weighted by atomic mass is 35.5. The third-order valence-electron chi connectivity index (χ3n) is 2.19. The second-order valence-corrected chi connectivity index (χ2v) is 4.52. The average Bonchev–Trinajstić information content (AvgIpc) is 1.85. The fourth-order valence-electron chi connectivity index (χ4n) is 1.70. The van der Waals surface area contributed by atoms with Crippen LogP contribution in [0.15, 0.2) is 0 Å². The number of alkyl halides is 1. The Bertz CT molecular complexity index is 112. The summed E-state index contributed by atoms with van der Waals surface area (Å²) < 4.78 is 0. The largest absolute Gasteiger partial charge is 0.314 e. The SMILES string of the molecule is CC(C)CC1CC(Cl)CCN1. The predicted molar refractivity (Wildman–Crippen MR) is 50.1 cm³/mol. The van der Waals surface area contributed by atoms with Gasteiger partial charge in [0.25, 0.3) is 0 Å². The molecule has 1 rings (SSSR count). The minimum atomic E-state index is 0.417. The number of halogens is 1. The molecular weight excluding hydrogens is 158 g/mol. The first kappa shape index (κ1) is 9.34. The molecule has 1 nitrogen and oxygen atoms in total. The summed E-state index contributed by atoms with van der Waals surface area (Å²) >= 11 is 6.05. The van der Waals surface area contributed by atoms with Crippen molar-refractivity contribution >= 4 is 11.6 Å². The number of piperidine rings is 1. The molecule has 0 aromatic heterocycles. The van der Waals surface area contributed by atoms with Crippen molar-refractivity contribution in [3.05, 3.63) is 0 Å². The van der Waals surface area contributed by atoms with E-state index in [9.17, 15) is 0 Å². The van der Waals surface area contributed by atoms with Crippen LogP contribution in [0.2, 0.25) is 0 Å². The van der Waals surface area contributed by atoms with Gasteiger partial charge in [-0.3, -0.25) is 0 Å². The van der Waals surface area contributed by atoms with Gasteiger partial charge in [-0.1, -0.05) is 13.8 Å². The van der Waals surface area contributed by atoms with Crippen molar-refractivity contribution in [1.29, 1.82) is 0 Å². The molecule has 0 amide bonds. The molecule has 1 aliphatic heterocycles. The molecule has 1 heterocycles. The number of rotatable bonds is 2. The highest BCUT2D eigenvalue weighted by molar-refractivity contribution is 6.20. The zero-order chi connectivity index (χ0) is 8.27. The van der Waals surface area contributed by atoms with Crippen molar-refractivity contribution < 1.29 is 0 Å². The van der Waals surface area contributed by atoms with E-state index in [1.165, 1.54) is 6.42 Å². The molecule has 0 radical (unpaired) electrons. The molecule has 2 unspecified atom stereocenters. The van der Waals surface area contributed by atoms with Crippen molar-refractivity contribution in [3.63, 3.8) is 0 Å². The van der Waals surface area contributed by atoms with Crippen LogP contribution in [-0.2, 0) is 0 Å². The topological polar surface area (TPSA) is 12.0 Å². The van der Waals surface area contributed by atoms with E-state index in [1.807, 2.05) is 0 Å². The first-order valence-corrected chi connectivity index (χ1v) is 4.99.